The average molecular weight is 398 g/mol. The number of aliphatic hydroxyl groups is 1. The Morgan fingerprint density at radius 1 is 1.14 bits per heavy atom. The van der Waals surface area contributed by atoms with Gasteiger partial charge in [0.25, 0.3) is 0 Å². The van der Waals surface area contributed by atoms with Crippen LogP contribution in [0.3, 0.4) is 0 Å². The maximum Gasteiger partial charge on any atom is 0.305 e. The van der Waals surface area contributed by atoms with Gasteiger partial charge in [0, 0.05) is 23.7 Å². The average Bonchev–Trinajstić information content (AvgIpc) is 2.98. The van der Waals surface area contributed by atoms with Crippen LogP contribution in [0.2, 0.25) is 0 Å². The molecule has 1 fully saturated rings. The Hall–Kier alpha value is -1.76. The Balaban J connectivity index is 2.54. The first-order valence-electron chi connectivity index (χ1n) is 10.5. The summed E-state index contributed by atoms with van der Waals surface area (Å²) in [7, 11) is 1.37. The first kappa shape index (κ1) is 24.3. The molecule has 0 bridgehead atoms. The van der Waals surface area contributed by atoms with Gasteiger partial charge in [-0.15, -0.1) is 0 Å². The van der Waals surface area contributed by atoms with E-state index in [1.807, 2.05) is 0 Å². The number of unbranched alkanes of at least 4 members (excludes halogenated alkanes) is 5. The van der Waals surface area contributed by atoms with Crippen molar-refractivity contribution in [1.29, 1.82) is 0 Å². The van der Waals surface area contributed by atoms with E-state index in [1.165, 1.54) is 7.11 Å². The molecular weight excluding hydrogens is 362 g/mol. The fourth-order valence-electron chi connectivity index (χ4n) is 4.00. The zero-order valence-electron chi connectivity index (χ0n) is 17.2. The van der Waals surface area contributed by atoms with Crippen molar-refractivity contribution in [2.45, 2.75) is 89.7 Å². The summed E-state index contributed by atoms with van der Waals surface area (Å²) in [5.41, 5.74) is 0. The van der Waals surface area contributed by atoms with E-state index in [2.05, 4.69) is 11.7 Å². The largest absolute Gasteiger partial charge is 0.469 e. The van der Waals surface area contributed by atoms with Gasteiger partial charge in [-0.1, -0.05) is 45.1 Å². The SMILES string of the molecule is CCCCCC(=O)C=C[C@@H]1CC(O)C([N+](=O)[O-])[C@@H]1CCCCCCC(=O)OC. The predicted molar refractivity (Wildman–Crippen MR) is 106 cm³/mol. The zero-order valence-corrected chi connectivity index (χ0v) is 17.2. The molecule has 2 unspecified atom stereocenters. The molecule has 0 aromatic carbocycles. The number of hydrogen-bond donors (Lipinski definition) is 1. The van der Waals surface area contributed by atoms with Crippen LogP contribution >= 0.6 is 0 Å². The summed E-state index contributed by atoms with van der Waals surface area (Å²) in [5, 5.41) is 21.6. The van der Waals surface area contributed by atoms with E-state index in [4.69, 9.17) is 0 Å². The number of ether oxygens (including phenoxy) is 1. The van der Waals surface area contributed by atoms with Gasteiger partial charge in [0.1, 0.15) is 6.10 Å². The van der Waals surface area contributed by atoms with Crippen LogP contribution in [0.4, 0.5) is 0 Å². The van der Waals surface area contributed by atoms with E-state index >= 15 is 0 Å². The van der Waals surface area contributed by atoms with Crippen molar-refractivity contribution in [3.63, 3.8) is 0 Å². The van der Waals surface area contributed by atoms with Crippen LogP contribution in [0, 0.1) is 22.0 Å². The molecule has 1 aliphatic carbocycles. The highest BCUT2D eigenvalue weighted by atomic mass is 16.6. The number of ketones is 1. The van der Waals surface area contributed by atoms with E-state index in [1.54, 1.807) is 12.2 Å². The van der Waals surface area contributed by atoms with E-state index in [-0.39, 0.29) is 28.5 Å². The van der Waals surface area contributed by atoms with E-state index in [9.17, 15) is 24.8 Å². The van der Waals surface area contributed by atoms with Gasteiger partial charge in [-0.25, -0.2) is 0 Å². The lowest BCUT2D eigenvalue weighted by Crippen LogP contribution is -2.34. The molecule has 7 heteroatoms. The normalized spacial score (nSPS) is 24.5. The van der Waals surface area contributed by atoms with Crippen LogP contribution in [0.5, 0.6) is 0 Å². The Bertz CT molecular complexity index is 533. The number of esters is 1. The van der Waals surface area contributed by atoms with Crippen molar-refractivity contribution in [2.24, 2.45) is 11.8 Å². The van der Waals surface area contributed by atoms with Crippen molar-refractivity contribution in [1.82, 2.24) is 0 Å². The summed E-state index contributed by atoms with van der Waals surface area (Å²) in [5.74, 6) is -0.573. The van der Waals surface area contributed by atoms with Gasteiger partial charge >= 0.3 is 5.97 Å². The highest BCUT2D eigenvalue weighted by molar-refractivity contribution is 5.89. The van der Waals surface area contributed by atoms with E-state index in [0.29, 0.717) is 25.7 Å². The molecule has 0 heterocycles. The van der Waals surface area contributed by atoms with E-state index in [0.717, 1.165) is 44.9 Å². The molecule has 1 N–H and O–H groups in total. The van der Waals surface area contributed by atoms with Crippen molar-refractivity contribution in [2.75, 3.05) is 7.11 Å². The predicted octanol–water partition coefficient (Wildman–Crippen LogP) is 3.85. The molecule has 0 radical (unpaired) electrons. The van der Waals surface area contributed by atoms with E-state index < -0.39 is 12.1 Å². The van der Waals surface area contributed by atoms with Crippen molar-refractivity contribution < 1.29 is 24.4 Å². The van der Waals surface area contributed by atoms with Crippen molar-refractivity contribution in [3.05, 3.63) is 22.3 Å². The molecule has 7 nitrogen and oxygen atoms in total. The summed E-state index contributed by atoms with van der Waals surface area (Å²) >= 11 is 0. The van der Waals surface area contributed by atoms with Gasteiger partial charge in [-0.05, 0) is 37.7 Å². The Labute approximate surface area is 167 Å². The Morgan fingerprint density at radius 2 is 1.82 bits per heavy atom. The van der Waals surface area contributed by atoms with Crippen LogP contribution in [0.1, 0.15) is 77.6 Å². The van der Waals surface area contributed by atoms with Crippen LogP contribution in [-0.2, 0) is 14.3 Å². The third-order valence-corrected chi connectivity index (χ3v) is 5.59. The number of allylic oxidation sites excluding steroid dienone is 2. The minimum Gasteiger partial charge on any atom is -0.469 e. The molecule has 1 rings (SSSR count). The topological polar surface area (TPSA) is 107 Å². The summed E-state index contributed by atoms with van der Waals surface area (Å²) in [6.07, 6.45) is 10.4. The molecule has 1 aliphatic rings. The number of aliphatic hydroxyl groups excluding tert-OH is 1. The molecule has 0 amide bonds. The second kappa shape index (κ2) is 13.4. The van der Waals surface area contributed by atoms with Crippen LogP contribution in [-0.4, -0.2) is 41.0 Å². The Kier molecular flexibility index (Phi) is 11.6. The smallest absolute Gasteiger partial charge is 0.305 e. The summed E-state index contributed by atoms with van der Waals surface area (Å²) in [6, 6.07) is -0.972. The lowest BCUT2D eigenvalue weighted by Gasteiger charge is -2.18. The molecular formula is C21H35NO6. The van der Waals surface area contributed by atoms with Gasteiger partial charge in [-0.2, -0.15) is 0 Å². The molecule has 0 aliphatic heterocycles. The number of methoxy groups -OCH3 is 1. The highest BCUT2D eigenvalue weighted by Gasteiger charge is 2.48. The van der Waals surface area contributed by atoms with Gasteiger partial charge in [0.15, 0.2) is 5.78 Å². The summed E-state index contributed by atoms with van der Waals surface area (Å²) in [6.45, 7) is 2.08. The third-order valence-electron chi connectivity index (χ3n) is 5.59. The zero-order chi connectivity index (χ0) is 20.9. The second-order valence-electron chi connectivity index (χ2n) is 7.72. The molecule has 1 saturated carbocycles. The van der Waals surface area contributed by atoms with Gasteiger partial charge < -0.3 is 9.84 Å². The summed E-state index contributed by atoms with van der Waals surface area (Å²) < 4.78 is 4.60. The first-order chi connectivity index (χ1) is 13.4. The fourth-order valence-corrected chi connectivity index (χ4v) is 4.00. The molecule has 28 heavy (non-hydrogen) atoms. The number of nitrogens with zero attached hydrogens (tertiary/aromatic N) is 1. The van der Waals surface area contributed by atoms with Crippen LogP contribution < -0.4 is 0 Å². The number of hydrogen-bond acceptors (Lipinski definition) is 6. The number of nitro groups is 1. The Morgan fingerprint density at radius 3 is 2.46 bits per heavy atom. The number of carbonyl (C=O) groups is 2. The number of rotatable bonds is 14. The third kappa shape index (κ3) is 8.50. The maximum absolute atomic E-state index is 12.0. The molecule has 0 saturated heterocycles. The minimum atomic E-state index is -0.972. The highest BCUT2D eigenvalue weighted by Crippen LogP contribution is 2.38. The molecule has 0 aromatic rings. The van der Waals surface area contributed by atoms with Gasteiger partial charge in [0.05, 0.1) is 7.11 Å². The summed E-state index contributed by atoms with van der Waals surface area (Å²) in [4.78, 5) is 34.1. The van der Waals surface area contributed by atoms with Crippen molar-refractivity contribution in [3.8, 4) is 0 Å². The first-order valence-corrected chi connectivity index (χ1v) is 10.5. The van der Waals surface area contributed by atoms with Gasteiger partial charge in [0.2, 0.25) is 6.04 Å². The molecule has 0 aromatic heterocycles. The quantitative estimate of drug-likeness (QED) is 0.157. The van der Waals surface area contributed by atoms with Crippen LogP contribution in [0.15, 0.2) is 12.2 Å². The number of carbonyl (C=O) groups excluding carboxylic acids is 2. The van der Waals surface area contributed by atoms with Gasteiger partial charge in [-0.3, -0.25) is 19.7 Å². The van der Waals surface area contributed by atoms with Crippen LogP contribution in [0.25, 0.3) is 0 Å². The second-order valence-corrected chi connectivity index (χ2v) is 7.72. The monoisotopic (exact) mass is 397 g/mol. The lowest BCUT2D eigenvalue weighted by atomic mass is 9.87. The molecule has 0 spiro atoms. The minimum absolute atomic E-state index is 0.0500. The van der Waals surface area contributed by atoms with Crippen molar-refractivity contribution >= 4 is 11.8 Å². The fraction of sp³-hybridized carbons (Fsp3) is 0.810. The maximum atomic E-state index is 12.0. The molecule has 160 valence electrons. The standard InChI is InChI=1S/C21H35NO6/c1-3-4-7-10-17(23)14-13-16-15-19(24)21(22(26)27)18(16)11-8-5-6-9-12-20(25)28-2/h13-14,16,18-19,21,24H,3-12,15H2,1-2H3/t16-,18-,19?,21?/m1/s1. The molecule has 4 atom stereocenters. The lowest BCUT2D eigenvalue weighted by molar-refractivity contribution is -0.539.